The third-order valence-corrected chi connectivity index (χ3v) is 8.31. The smallest absolute Gasteiger partial charge is 0.341 e. The molecular formula is C33H25F2N3O6S2. The number of anilines is 2. The number of rotatable bonds is 10. The van der Waals surface area contributed by atoms with Gasteiger partial charge in [-0.15, -0.1) is 22.7 Å². The Kier molecular flexibility index (Phi) is 9.94. The zero-order chi connectivity index (χ0) is 32.8. The predicted octanol–water partition coefficient (Wildman–Crippen LogP) is 7.67. The second kappa shape index (κ2) is 14.2. The summed E-state index contributed by atoms with van der Waals surface area (Å²) >= 11 is 2.15. The first-order valence-electron chi connectivity index (χ1n) is 13.9. The molecule has 2 N–H and O–H groups in total. The van der Waals surface area contributed by atoms with Crippen LogP contribution in [-0.4, -0.2) is 42.0 Å². The summed E-state index contributed by atoms with van der Waals surface area (Å²) in [5.41, 5.74) is 1.96. The van der Waals surface area contributed by atoms with Crippen molar-refractivity contribution in [2.75, 3.05) is 23.8 Å². The fraction of sp³-hybridized carbons (Fsp3) is 0.121. The molecule has 0 aliphatic heterocycles. The van der Waals surface area contributed by atoms with E-state index in [1.54, 1.807) is 24.6 Å². The van der Waals surface area contributed by atoms with Crippen molar-refractivity contribution < 1.29 is 37.4 Å². The van der Waals surface area contributed by atoms with E-state index < -0.39 is 35.4 Å². The highest BCUT2D eigenvalue weighted by Crippen LogP contribution is 2.38. The maximum atomic E-state index is 13.5. The molecule has 13 heteroatoms. The van der Waals surface area contributed by atoms with Gasteiger partial charge in [0, 0.05) is 21.9 Å². The van der Waals surface area contributed by atoms with Crippen LogP contribution in [0.3, 0.4) is 0 Å². The lowest BCUT2D eigenvalue weighted by molar-refractivity contribution is 0.0519. The lowest BCUT2D eigenvalue weighted by Gasteiger charge is -2.10. The number of esters is 2. The highest BCUT2D eigenvalue weighted by Gasteiger charge is 2.26. The lowest BCUT2D eigenvalue weighted by atomic mass is 10.0. The Morgan fingerprint density at radius 1 is 0.652 bits per heavy atom. The lowest BCUT2D eigenvalue weighted by Crippen LogP contribution is -2.20. The maximum absolute atomic E-state index is 13.5. The molecular weight excluding hydrogens is 637 g/mol. The van der Waals surface area contributed by atoms with Crippen LogP contribution in [0.1, 0.15) is 55.5 Å². The summed E-state index contributed by atoms with van der Waals surface area (Å²) in [5.74, 6) is -3.63. The van der Waals surface area contributed by atoms with Gasteiger partial charge in [-0.05, 0) is 61.4 Å². The highest BCUT2D eigenvalue weighted by molar-refractivity contribution is 7.15. The van der Waals surface area contributed by atoms with E-state index in [4.69, 9.17) is 9.47 Å². The van der Waals surface area contributed by atoms with Crippen molar-refractivity contribution in [1.82, 2.24) is 4.98 Å². The second-order valence-electron chi connectivity index (χ2n) is 9.48. The number of benzene rings is 2. The van der Waals surface area contributed by atoms with Crippen LogP contribution < -0.4 is 10.6 Å². The number of carbonyl (C=O) groups is 4. The van der Waals surface area contributed by atoms with E-state index in [0.29, 0.717) is 22.3 Å². The van der Waals surface area contributed by atoms with E-state index in [-0.39, 0.29) is 45.7 Å². The molecule has 5 aromatic rings. The van der Waals surface area contributed by atoms with Crippen molar-refractivity contribution in [3.05, 3.63) is 112 Å². The third-order valence-electron chi connectivity index (χ3n) is 6.52. The van der Waals surface area contributed by atoms with E-state index in [0.717, 1.165) is 22.7 Å². The van der Waals surface area contributed by atoms with E-state index in [9.17, 15) is 28.0 Å². The van der Waals surface area contributed by atoms with Crippen molar-refractivity contribution in [3.63, 3.8) is 0 Å². The first-order chi connectivity index (χ1) is 22.2. The van der Waals surface area contributed by atoms with Crippen molar-refractivity contribution in [2.45, 2.75) is 13.8 Å². The number of halogens is 2. The molecule has 9 nitrogen and oxygen atoms in total. The van der Waals surface area contributed by atoms with Crippen LogP contribution in [0.5, 0.6) is 0 Å². The number of pyridine rings is 1. The molecule has 46 heavy (non-hydrogen) atoms. The van der Waals surface area contributed by atoms with Gasteiger partial charge in [-0.2, -0.15) is 0 Å². The zero-order valence-electron chi connectivity index (χ0n) is 24.4. The number of aromatic nitrogens is 1. The van der Waals surface area contributed by atoms with Gasteiger partial charge in [0.1, 0.15) is 44.2 Å². The van der Waals surface area contributed by atoms with Crippen LogP contribution in [0.2, 0.25) is 0 Å². The highest BCUT2D eigenvalue weighted by atomic mass is 32.1. The largest absolute Gasteiger partial charge is 0.462 e. The maximum Gasteiger partial charge on any atom is 0.341 e. The van der Waals surface area contributed by atoms with Crippen molar-refractivity contribution in [2.24, 2.45) is 0 Å². The minimum Gasteiger partial charge on any atom is -0.462 e. The summed E-state index contributed by atoms with van der Waals surface area (Å²) in [5, 5.41) is 9.01. The SMILES string of the molecule is CCOC(=O)c1c(-c2ccc(F)cc2)csc1NC(=O)c1cccc(C(=O)Nc2scc(-c3ccc(F)cc3)c2C(=O)OCC)n1. The number of ether oxygens (including phenoxy) is 2. The van der Waals surface area contributed by atoms with Gasteiger partial charge in [0.05, 0.1) is 13.2 Å². The average Bonchev–Trinajstić information content (AvgIpc) is 3.66. The summed E-state index contributed by atoms with van der Waals surface area (Å²) in [6, 6.07) is 15.3. The van der Waals surface area contributed by atoms with Crippen LogP contribution >= 0.6 is 22.7 Å². The molecule has 2 amide bonds. The van der Waals surface area contributed by atoms with E-state index in [1.807, 2.05) is 0 Å². The Morgan fingerprint density at radius 2 is 1.04 bits per heavy atom. The minimum absolute atomic E-state index is 0.0944. The molecule has 0 fully saturated rings. The molecule has 0 aliphatic carbocycles. The van der Waals surface area contributed by atoms with Crippen molar-refractivity contribution in [3.8, 4) is 22.3 Å². The van der Waals surface area contributed by atoms with Crippen molar-refractivity contribution in [1.29, 1.82) is 0 Å². The fourth-order valence-electron chi connectivity index (χ4n) is 4.42. The number of nitrogens with zero attached hydrogens (tertiary/aromatic N) is 1. The Labute approximate surface area is 269 Å². The van der Waals surface area contributed by atoms with Gasteiger partial charge in [-0.1, -0.05) is 30.3 Å². The fourth-order valence-corrected chi connectivity index (χ4v) is 6.32. The molecule has 234 valence electrons. The van der Waals surface area contributed by atoms with E-state index in [2.05, 4.69) is 15.6 Å². The Bertz CT molecular complexity index is 1790. The summed E-state index contributed by atoms with van der Waals surface area (Å²) in [6.45, 7) is 3.49. The van der Waals surface area contributed by atoms with Crippen molar-refractivity contribution >= 4 is 56.4 Å². The molecule has 0 atom stereocenters. The first-order valence-corrected chi connectivity index (χ1v) is 15.6. The Hall–Kier alpha value is -5.27. The van der Waals surface area contributed by atoms with Gasteiger partial charge in [-0.3, -0.25) is 9.59 Å². The molecule has 2 aromatic carbocycles. The monoisotopic (exact) mass is 661 g/mol. The van der Waals surface area contributed by atoms with Gasteiger partial charge < -0.3 is 20.1 Å². The van der Waals surface area contributed by atoms with Gasteiger partial charge in [0.25, 0.3) is 11.8 Å². The molecule has 3 heterocycles. The molecule has 0 spiro atoms. The summed E-state index contributed by atoms with van der Waals surface area (Å²) < 4.78 is 37.5. The van der Waals surface area contributed by atoms with Gasteiger partial charge in [0.15, 0.2) is 0 Å². The number of thiophene rings is 2. The molecule has 0 bridgehead atoms. The quantitative estimate of drug-likeness (QED) is 0.147. The van der Waals surface area contributed by atoms with Gasteiger partial charge in [-0.25, -0.2) is 23.4 Å². The van der Waals surface area contributed by atoms with E-state index >= 15 is 0 Å². The number of carbonyl (C=O) groups excluding carboxylic acids is 4. The topological polar surface area (TPSA) is 124 Å². The van der Waals surface area contributed by atoms with Crippen LogP contribution in [0.25, 0.3) is 22.3 Å². The summed E-state index contributed by atoms with van der Waals surface area (Å²) in [6.07, 6.45) is 0. The average molecular weight is 662 g/mol. The van der Waals surface area contributed by atoms with Crippen LogP contribution in [0, 0.1) is 11.6 Å². The standard InChI is InChI=1S/C33H25F2N3O6S2/c1-3-43-32(41)26-22(18-8-12-20(34)13-9-18)16-45-30(26)37-28(39)24-6-5-7-25(36-24)29(40)38-31-27(33(42)44-4-2)23(17-46-31)19-10-14-21(35)15-11-19/h5-17H,3-4H2,1-2H3,(H,37,39)(H,38,40). The summed E-state index contributed by atoms with van der Waals surface area (Å²) in [4.78, 5) is 56.5. The first kappa shape index (κ1) is 32.1. The normalized spacial score (nSPS) is 10.7. The van der Waals surface area contributed by atoms with E-state index in [1.165, 1.54) is 66.7 Å². The minimum atomic E-state index is -0.699. The molecule has 0 saturated carbocycles. The molecule has 0 aliphatic rings. The second-order valence-corrected chi connectivity index (χ2v) is 11.2. The van der Waals surface area contributed by atoms with Crippen LogP contribution in [0.4, 0.5) is 18.8 Å². The van der Waals surface area contributed by atoms with Crippen LogP contribution in [0.15, 0.2) is 77.5 Å². The molecule has 3 aromatic heterocycles. The third kappa shape index (κ3) is 7.00. The Morgan fingerprint density at radius 3 is 1.41 bits per heavy atom. The number of nitrogens with one attached hydrogen (secondary N) is 2. The predicted molar refractivity (Wildman–Crippen MR) is 171 cm³/mol. The van der Waals surface area contributed by atoms with Gasteiger partial charge in [0.2, 0.25) is 0 Å². The molecule has 0 unspecified atom stereocenters. The van der Waals surface area contributed by atoms with Crippen LogP contribution in [-0.2, 0) is 9.47 Å². The number of amides is 2. The molecule has 0 radical (unpaired) electrons. The molecule has 5 rings (SSSR count). The van der Waals surface area contributed by atoms with Gasteiger partial charge >= 0.3 is 11.9 Å². The Balaban J connectivity index is 1.40. The number of hydrogen-bond donors (Lipinski definition) is 2. The molecule has 0 saturated heterocycles. The summed E-state index contributed by atoms with van der Waals surface area (Å²) in [7, 11) is 0. The zero-order valence-corrected chi connectivity index (χ0v) is 26.0. The number of hydrogen-bond acceptors (Lipinski definition) is 9.